The molecule has 178 valence electrons. The number of aryl methyl sites for hydroxylation is 2. The molecule has 0 atom stereocenters. The standard InChI is InChI=1S/C24H20N4O6S/c1-14-10-20(28(33)34)8-9-21(14)26-15(2)11-18(16(26)3)12-22-23(29)25(24(30)35-22)13-17-4-6-19(7-5-17)27(31)32/h4-12H,13H2,1-3H3/b22-12-. The van der Waals surface area contributed by atoms with Crippen molar-refractivity contribution in [1.29, 1.82) is 0 Å². The molecule has 4 rings (SSSR count). The average Bonchev–Trinajstić information content (AvgIpc) is 3.23. The van der Waals surface area contributed by atoms with E-state index >= 15 is 0 Å². The van der Waals surface area contributed by atoms with Crippen molar-refractivity contribution in [3.63, 3.8) is 0 Å². The van der Waals surface area contributed by atoms with Crippen LogP contribution in [0.25, 0.3) is 11.8 Å². The van der Waals surface area contributed by atoms with Gasteiger partial charge in [-0.05, 0) is 67.4 Å². The molecule has 10 nitrogen and oxygen atoms in total. The minimum Gasteiger partial charge on any atom is -0.318 e. The summed E-state index contributed by atoms with van der Waals surface area (Å²) in [6.07, 6.45) is 1.67. The van der Waals surface area contributed by atoms with E-state index < -0.39 is 21.0 Å². The molecule has 1 saturated heterocycles. The summed E-state index contributed by atoms with van der Waals surface area (Å²) in [6.45, 7) is 5.58. The summed E-state index contributed by atoms with van der Waals surface area (Å²) in [5, 5.41) is 21.5. The monoisotopic (exact) mass is 492 g/mol. The molecule has 11 heteroatoms. The van der Waals surface area contributed by atoms with Crippen LogP contribution in [0.3, 0.4) is 0 Å². The average molecular weight is 493 g/mol. The van der Waals surface area contributed by atoms with Crippen molar-refractivity contribution in [2.75, 3.05) is 0 Å². The third-order valence-electron chi connectivity index (χ3n) is 5.75. The molecule has 2 aromatic carbocycles. The van der Waals surface area contributed by atoms with Crippen LogP contribution in [-0.4, -0.2) is 30.5 Å². The van der Waals surface area contributed by atoms with Gasteiger partial charge in [0.15, 0.2) is 0 Å². The first-order valence-electron chi connectivity index (χ1n) is 10.5. The van der Waals surface area contributed by atoms with E-state index in [1.54, 1.807) is 19.1 Å². The number of non-ortho nitro benzene ring substituents is 2. The number of thioether (sulfide) groups is 1. The van der Waals surface area contributed by atoms with Crippen molar-refractivity contribution in [2.24, 2.45) is 0 Å². The van der Waals surface area contributed by atoms with Crippen molar-refractivity contribution in [3.05, 3.63) is 102 Å². The quantitative estimate of drug-likeness (QED) is 0.254. The van der Waals surface area contributed by atoms with Crippen LogP contribution >= 0.6 is 11.8 Å². The number of benzene rings is 2. The summed E-state index contributed by atoms with van der Waals surface area (Å²) in [4.78, 5) is 47.8. The summed E-state index contributed by atoms with van der Waals surface area (Å²) < 4.78 is 1.95. The molecule has 0 bridgehead atoms. The Balaban J connectivity index is 1.61. The molecular formula is C24H20N4O6S. The van der Waals surface area contributed by atoms with Crippen LogP contribution in [0, 0.1) is 41.0 Å². The number of amides is 2. The molecule has 3 aromatic rings. The van der Waals surface area contributed by atoms with E-state index in [0.717, 1.165) is 44.9 Å². The largest absolute Gasteiger partial charge is 0.318 e. The summed E-state index contributed by atoms with van der Waals surface area (Å²) >= 11 is 0.838. The van der Waals surface area contributed by atoms with Gasteiger partial charge >= 0.3 is 0 Å². The van der Waals surface area contributed by atoms with E-state index in [-0.39, 0.29) is 22.8 Å². The van der Waals surface area contributed by atoms with E-state index in [9.17, 15) is 29.8 Å². The maximum atomic E-state index is 13.0. The molecule has 2 amide bonds. The zero-order chi connectivity index (χ0) is 25.4. The third kappa shape index (κ3) is 4.58. The molecule has 2 heterocycles. The predicted octanol–water partition coefficient (Wildman–Crippen LogP) is 5.46. The van der Waals surface area contributed by atoms with E-state index in [1.807, 2.05) is 24.5 Å². The number of nitro groups is 2. The molecule has 35 heavy (non-hydrogen) atoms. The fourth-order valence-corrected chi connectivity index (χ4v) is 4.82. The highest BCUT2D eigenvalue weighted by molar-refractivity contribution is 8.18. The SMILES string of the molecule is Cc1cc([N+](=O)[O-])ccc1-n1c(C)cc(/C=C2\SC(=O)N(Cc3ccc([N+](=O)[O-])cc3)C2=O)c1C. The van der Waals surface area contributed by atoms with Crippen LogP contribution in [0.5, 0.6) is 0 Å². The van der Waals surface area contributed by atoms with Crippen LogP contribution in [0.1, 0.15) is 28.1 Å². The van der Waals surface area contributed by atoms with Gasteiger partial charge in [0, 0.05) is 41.3 Å². The Morgan fingerprint density at radius 1 is 0.914 bits per heavy atom. The second-order valence-electron chi connectivity index (χ2n) is 8.08. The van der Waals surface area contributed by atoms with Crippen molar-refractivity contribution in [2.45, 2.75) is 27.3 Å². The van der Waals surface area contributed by atoms with Gasteiger partial charge in [-0.2, -0.15) is 0 Å². The molecule has 0 N–H and O–H groups in total. The van der Waals surface area contributed by atoms with E-state index in [4.69, 9.17) is 0 Å². The Morgan fingerprint density at radius 3 is 2.14 bits per heavy atom. The highest BCUT2D eigenvalue weighted by Crippen LogP contribution is 2.35. The maximum absolute atomic E-state index is 13.0. The lowest BCUT2D eigenvalue weighted by Crippen LogP contribution is -2.27. The zero-order valence-electron chi connectivity index (χ0n) is 19.0. The lowest BCUT2D eigenvalue weighted by Gasteiger charge is -2.13. The summed E-state index contributed by atoms with van der Waals surface area (Å²) in [6, 6.07) is 12.2. The summed E-state index contributed by atoms with van der Waals surface area (Å²) in [5.41, 5.74) is 4.51. The third-order valence-corrected chi connectivity index (χ3v) is 6.66. The molecule has 0 radical (unpaired) electrons. The highest BCUT2D eigenvalue weighted by Gasteiger charge is 2.35. The van der Waals surface area contributed by atoms with Crippen molar-refractivity contribution < 1.29 is 19.4 Å². The highest BCUT2D eigenvalue weighted by atomic mass is 32.2. The van der Waals surface area contributed by atoms with Crippen LogP contribution in [0.4, 0.5) is 16.2 Å². The molecule has 1 fully saturated rings. The van der Waals surface area contributed by atoms with Gasteiger partial charge in [-0.1, -0.05) is 12.1 Å². The molecular weight excluding hydrogens is 472 g/mol. The minimum atomic E-state index is -0.513. The molecule has 0 unspecified atom stereocenters. The molecule has 0 saturated carbocycles. The Morgan fingerprint density at radius 2 is 1.54 bits per heavy atom. The first-order valence-corrected chi connectivity index (χ1v) is 11.3. The lowest BCUT2D eigenvalue weighted by atomic mass is 10.1. The number of carbonyl (C=O) groups excluding carboxylic acids is 2. The van der Waals surface area contributed by atoms with Crippen LogP contribution < -0.4 is 0 Å². The predicted molar refractivity (Wildman–Crippen MR) is 131 cm³/mol. The number of rotatable bonds is 6. The van der Waals surface area contributed by atoms with E-state index in [2.05, 4.69) is 0 Å². The number of nitro benzene ring substituents is 2. The Kier molecular flexibility index (Phi) is 6.27. The van der Waals surface area contributed by atoms with Gasteiger partial charge in [-0.25, -0.2) is 0 Å². The number of nitrogens with zero attached hydrogens (tertiary/aromatic N) is 4. The zero-order valence-corrected chi connectivity index (χ0v) is 19.9. The fraction of sp³-hybridized carbons (Fsp3) is 0.167. The number of hydrogen-bond donors (Lipinski definition) is 0. The van der Waals surface area contributed by atoms with E-state index in [0.29, 0.717) is 5.56 Å². The number of aromatic nitrogens is 1. The molecule has 0 spiro atoms. The maximum Gasteiger partial charge on any atom is 0.293 e. The van der Waals surface area contributed by atoms with Crippen molar-refractivity contribution >= 4 is 40.4 Å². The van der Waals surface area contributed by atoms with Gasteiger partial charge < -0.3 is 4.57 Å². The number of imide groups is 1. The van der Waals surface area contributed by atoms with Crippen molar-refractivity contribution in [1.82, 2.24) is 9.47 Å². The first-order chi connectivity index (χ1) is 16.6. The topological polar surface area (TPSA) is 129 Å². The van der Waals surface area contributed by atoms with Crippen molar-refractivity contribution in [3.8, 4) is 5.69 Å². The van der Waals surface area contributed by atoms with Crippen LogP contribution in [-0.2, 0) is 11.3 Å². The second-order valence-corrected chi connectivity index (χ2v) is 9.07. The van der Waals surface area contributed by atoms with Gasteiger partial charge in [0.25, 0.3) is 22.5 Å². The molecule has 1 aromatic heterocycles. The van der Waals surface area contributed by atoms with Gasteiger partial charge in [-0.15, -0.1) is 0 Å². The Bertz CT molecular complexity index is 1420. The Hall–Kier alpha value is -4.25. The normalized spacial score (nSPS) is 14.7. The van der Waals surface area contributed by atoms with Gasteiger partial charge in [0.1, 0.15) is 0 Å². The smallest absolute Gasteiger partial charge is 0.293 e. The first kappa shape index (κ1) is 23.9. The van der Waals surface area contributed by atoms with Gasteiger partial charge in [0.05, 0.1) is 21.3 Å². The summed E-state index contributed by atoms with van der Waals surface area (Å²) in [5.74, 6) is -0.435. The minimum absolute atomic E-state index is 0.00984. The molecule has 0 aliphatic carbocycles. The van der Waals surface area contributed by atoms with E-state index in [1.165, 1.54) is 36.4 Å². The number of hydrogen-bond acceptors (Lipinski definition) is 7. The number of carbonyl (C=O) groups is 2. The van der Waals surface area contributed by atoms with Crippen LogP contribution in [0.2, 0.25) is 0 Å². The van der Waals surface area contributed by atoms with Crippen LogP contribution in [0.15, 0.2) is 53.4 Å². The molecule has 1 aliphatic heterocycles. The second kappa shape index (κ2) is 9.18. The van der Waals surface area contributed by atoms with Gasteiger partial charge in [0.2, 0.25) is 0 Å². The van der Waals surface area contributed by atoms with Gasteiger partial charge in [-0.3, -0.25) is 34.7 Å². The fourth-order valence-electron chi connectivity index (χ4n) is 3.99. The molecule has 1 aliphatic rings. The summed E-state index contributed by atoms with van der Waals surface area (Å²) in [7, 11) is 0. The lowest BCUT2D eigenvalue weighted by molar-refractivity contribution is -0.385. The Labute approximate surface area is 204 Å².